The Kier molecular flexibility index (Phi) is 14.0. The maximum Gasteiger partial charge on any atom is 0.333 e. The fourth-order valence-electron chi connectivity index (χ4n) is 7.97. The molecule has 314 valence electrons. The van der Waals surface area contributed by atoms with Gasteiger partial charge in [0.15, 0.2) is 5.71 Å². The number of carbonyl (C=O) groups excluding carboxylic acids is 3. The van der Waals surface area contributed by atoms with Gasteiger partial charge in [-0.15, -0.1) is 5.06 Å². The first-order valence-corrected chi connectivity index (χ1v) is 22.0. The molecule has 5 rings (SSSR count). The highest BCUT2D eigenvalue weighted by Gasteiger charge is 2.48. The predicted molar refractivity (Wildman–Crippen MR) is 211 cm³/mol. The minimum absolute atomic E-state index is 0.00462. The topological polar surface area (TPSA) is 203 Å². The zero-order valence-electron chi connectivity index (χ0n) is 33.4. The highest BCUT2D eigenvalue weighted by atomic mass is 32.2. The van der Waals surface area contributed by atoms with Crippen LogP contribution in [0.1, 0.15) is 83.3 Å². The van der Waals surface area contributed by atoms with E-state index < -0.39 is 48.8 Å². The van der Waals surface area contributed by atoms with Crippen molar-refractivity contribution in [3.63, 3.8) is 0 Å². The fraction of sp³-hybridized carbons (Fsp3) is 0.463. The predicted octanol–water partition coefficient (Wildman–Crippen LogP) is 4.89. The average molecular weight is 841 g/mol. The van der Waals surface area contributed by atoms with Crippen molar-refractivity contribution in [2.75, 3.05) is 45.4 Å². The van der Waals surface area contributed by atoms with Gasteiger partial charge < -0.3 is 28.3 Å². The molecule has 0 aliphatic carbocycles. The standard InChI is InChI=1S/C41H51N3O12S2/c1-6-42-33-18-16-29(57(48,49)50)27-31(33)40(2,22-25-54-4)35(42)13-9-7-10-14-36-41(3,23-26-55-5)32-28-30(58(51,52)53)17-19-34(32)43(36)24-12-8-11-15-39(47)56-44-37(45)20-21-38(44)46/h7,9-10,13-14,16-19,27-28H,6,8,11-12,15,20-26H2,1-5H3,(H-,48,49,50,51,52,53)/p-1. The molecule has 58 heavy (non-hydrogen) atoms. The monoisotopic (exact) mass is 840 g/mol. The van der Waals surface area contributed by atoms with Crippen LogP contribution < -0.4 is 4.90 Å². The number of fused-ring (bicyclic) bond motifs is 2. The minimum Gasteiger partial charge on any atom is -0.744 e. The molecule has 1 saturated heterocycles. The van der Waals surface area contributed by atoms with Gasteiger partial charge in [0.2, 0.25) is 5.69 Å². The van der Waals surface area contributed by atoms with E-state index in [0.717, 1.165) is 28.3 Å². The van der Waals surface area contributed by atoms with E-state index in [2.05, 4.69) is 9.48 Å². The number of anilines is 1. The van der Waals surface area contributed by atoms with Crippen molar-refractivity contribution in [3.05, 3.63) is 83.6 Å². The SMILES string of the molecule is CCN1/C(=C/C=C/C=C/C2=[N+](CCCCCC(=O)ON3C(=O)CCC3=O)c3ccc(S(=O)(=O)[O-])cc3C2(C)CCOC)C(C)(CCOC)c2cc(S(=O)(=O)[O-])ccc21. The fourth-order valence-corrected chi connectivity index (χ4v) is 8.97. The Bertz CT molecular complexity index is 2270. The van der Waals surface area contributed by atoms with E-state index in [9.17, 15) is 40.3 Å². The van der Waals surface area contributed by atoms with Crippen molar-refractivity contribution in [2.24, 2.45) is 0 Å². The molecule has 2 unspecified atom stereocenters. The number of allylic oxidation sites excluding steroid dienone is 6. The number of likely N-dealkylation sites (N-methyl/N-ethyl adjacent to an activating group) is 1. The number of ether oxygens (including phenoxy) is 2. The maximum absolute atomic E-state index is 12.4. The molecular formula is C41H50N3O12S2-. The first-order valence-electron chi connectivity index (χ1n) is 19.1. The Morgan fingerprint density at radius 2 is 1.43 bits per heavy atom. The molecule has 3 heterocycles. The van der Waals surface area contributed by atoms with E-state index in [1.807, 2.05) is 51.2 Å². The number of hydrogen-bond donors (Lipinski definition) is 0. The highest BCUT2D eigenvalue weighted by Crippen LogP contribution is 2.50. The third-order valence-corrected chi connectivity index (χ3v) is 12.8. The highest BCUT2D eigenvalue weighted by molar-refractivity contribution is 7.86. The summed E-state index contributed by atoms with van der Waals surface area (Å²) < 4.78 is 85.3. The summed E-state index contributed by atoms with van der Waals surface area (Å²) in [5, 5.41) is 0.534. The van der Waals surface area contributed by atoms with Crippen LogP contribution in [0.3, 0.4) is 0 Å². The smallest absolute Gasteiger partial charge is 0.333 e. The van der Waals surface area contributed by atoms with Crippen LogP contribution in [0.4, 0.5) is 11.4 Å². The average Bonchev–Trinajstić information content (AvgIpc) is 3.71. The van der Waals surface area contributed by atoms with Crippen molar-refractivity contribution < 1.29 is 59.2 Å². The van der Waals surface area contributed by atoms with Crippen LogP contribution in [-0.2, 0) is 59.8 Å². The molecule has 0 bridgehead atoms. The van der Waals surface area contributed by atoms with Gasteiger partial charge >= 0.3 is 5.97 Å². The maximum atomic E-state index is 12.4. The number of rotatable bonds is 19. The van der Waals surface area contributed by atoms with E-state index in [-0.39, 0.29) is 29.1 Å². The zero-order chi connectivity index (χ0) is 42.5. The van der Waals surface area contributed by atoms with Crippen LogP contribution in [0.25, 0.3) is 0 Å². The van der Waals surface area contributed by atoms with Gasteiger partial charge in [-0.1, -0.05) is 18.2 Å². The second kappa shape index (κ2) is 18.2. The Labute approximate surface area is 340 Å². The van der Waals surface area contributed by atoms with Crippen LogP contribution >= 0.6 is 0 Å². The number of carbonyl (C=O) groups is 3. The molecule has 2 aromatic carbocycles. The molecule has 2 aromatic rings. The summed E-state index contributed by atoms with van der Waals surface area (Å²) in [5.41, 5.74) is 3.21. The quantitative estimate of drug-likeness (QED) is 0.0609. The molecule has 3 aliphatic rings. The Hall–Kier alpha value is -4.52. The van der Waals surface area contributed by atoms with Gasteiger partial charge in [0.1, 0.15) is 26.8 Å². The molecule has 1 fully saturated rings. The van der Waals surface area contributed by atoms with Gasteiger partial charge in [0.25, 0.3) is 11.8 Å². The Morgan fingerprint density at radius 3 is 2.03 bits per heavy atom. The summed E-state index contributed by atoms with van der Waals surface area (Å²) in [6, 6.07) is 8.82. The number of hydroxylamine groups is 2. The number of unbranched alkanes of at least 4 members (excludes halogenated alkanes) is 2. The second-order valence-corrected chi connectivity index (χ2v) is 17.6. The number of hydrogen-bond acceptors (Lipinski definition) is 13. The second-order valence-electron chi connectivity index (χ2n) is 14.8. The molecule has 0 N–H and O–H groups in total. The summed E-state index contributed by atoms with van der Waals surface area (Å²) in [5.74, 6) is -1.76. The zero-order valence-corrected chi connectivity index (χ0v) is 35.0. The van der Waals surface area contributed by atoms with Gasteiger partial charge in [-0.2, -0.15) is 4.58 Å². The van der Waals surface area contributed by atoms with E-state index in [4.69, 9.17) is 14.3 Å². The summed E-state index contributed by atoms with van der Waals surface area (Å²) in [7, 11) is -6.27. The van der Waals surface area contributed by atoms with Crippen molar-refractivity contribution in [1.29, 1.82) is 0 Å². The summed E-state index contributed by atoms with van der Waals surface area (Å²) in [6.07, 6.45) is 12.1. The van der Waals surface area contributed by atoms with Gasteiger partial charge in [-0.25, -0.2) is 21.6 Å². The lowest BCUT2D eigenvalue weighted by molar-refractivity contribution is -0.438. The van der Waals surface area contributed by atoms with E-state index in [1.165, 1.54) is 24.3 Å². The van der Waals surface area contributed by atoms with Gasteiger partial charge in [0.05, 0.1) is 15.2 Å². The van der Waals surface area contributed by atoms with Crippen LogP contribution in [-0.4, -0.2) is 99.6 Å². The van der Waals surface area contributed by atoms with Crippen molar-refractivity contribution in [1.82, 2.24) is 5.06 Å². The molecule has 17 heteroatoms. The van der Waals surface area contributed by atoms with Crippen LogP contribution in [0.15, 0.2) is 82.3 Å². The van der Waals surface area contributed by atoms with E-state index in [1.54, 1.807) is 26.4 Å². The first-order chi connectivity index (χ1) is 27.4. The van der Waals surface area contributed by atoms with Crippen molar-refractivity contribution in [2.45, 2.75) is 92.8 Å². The third kappa shape index (κ3) is 9.35. The molecule has 15 nitrogen and oxygen atoms in total. The number of nitrogens with zero attached hydrogens (tertiary/aromatic N) is 3. The summed E-state index contributed by atoms with van der Waals surface area (Å²) >= 11 is 0. The molecular weight excluding hydrogens is 791 g/mol. The molecule has 2 atom stereocenters. The molecule has 0 aromatic heterocycles. The van der Waals surface area contributed by atoms with E-state index in [0.29, 0.717) is 69.0 Å². The number of benzene rings is 2. The first kappa shape index (κ1) is 44.6. The molecule has 0 saturated carbocycles. The molecule has 2 amide bonds. The van der Waals surface area contributed by atoms with Gasteiger partial charge in [0, 0.05) is 94.2 Å². The van der Waals surface area contributed by atoms with Gasteiger partial charge in [-0.05, 0) is 88.4 Å². The van der Waals surface area contributed by atoms with Crippen molar-refractivity contribution in [3.8, 4) is 0 Å². The lowest BCUT2D eigenvalue weighted by Gasteiger charge is -2.29. The lowest BCUT2D eigenvalue weighted by atomic mass is 9.76. The summed E-state index contributed by atoms with van der Waals surface area (Å²) in [6.45, 7) is 7.74. The largest absolute Gasteiger partial charge is 0.744 e. The normalized spacial score (nSPS) is 21.7. The molecule has 0 spiro atoms. The number of methoxy groups -OCH3 is 2. The Balaban J connectivity index is 1.44. The molecule has 3 aliphatic heterocycles. The lowest BCUT2D eigenvalue weighted by Crippen LogP contribution is -2.33. The Morgan fingerprint density at radius 1 is 0.828 bits per heavy atom. The third-order valence-electron chi connectivity index (χ3n) is 11.1. The van der Waals surface area contributed by atoms with Crippen LogP contribution in [0, 0.1) is 0 Å². The van der Waals surface area contributed by atoms with Crippen LogP contribution in [0.5, 0.6) is 0 Å². The van der Waals surface area contributed by atoms with Gasteiger partial charge in [-0.3, -0.25) is 9.59 Å². The van der Waals surface area contributed by atoms with Crippen LogP contribution in [0.2, 0.25) is 0 Å². The number of imide groups is 1. The van der Waals surface area contributed by atoms with Crippen molar-refractivity contribution >= 4 is 55.1 Å². The number of amides is 2. The van der Waals surface area contributed by atoms with E-state index >= 15 is 0 Å². The molecule has 0 radical (unpaired) electrons. The summed E-state index contributed by atoms with van der Waals surface area (Å²) in [4.78, 5) is 42.5. The minimum atomic E-state index is -4.75.